The van der Waals surface area contributed by atoms with Crippen LogP contribution < -0.4 is 0 Å². The van der Waals surface area contributed by atoms with Crippen molar-refractivity contribution >= 4 is 23.0 Å². The summed E-state index contributed by atoms with van der Waals surface area (Å²) in [5.41, 5.74) is 3.89. The van der Waals surface area contributed by atoms with Crippen molar-refractivity contribution in [2.24, 2.45) is 0 Å². The van der Waals surface area contributed by atoms with E-state index in [1.54, 1.807) is 16.6 Å². The molecule has 0 aliphatic carbocycles. The fourth-order valence-electron chi connectivity index (χ4n) is 3.47. The molecule has 1 fully saturated rings. The maximum Gasteiger partial charge on any atom is 0.197 e. The fraction of sp³-hybridized carbons (Fsp3) is 0.350. The monoisotopic (exact) mass is 368 g/mol. The van der Waals surface area contributed by atoms with Gasteiger partial charge in [0.2, 0.25) is 0 Å². The van der Waals surface area contributed by atoms with Gasteiger partial charge in [-0.05, 0) is 45.0 Å². The molecule has 3 aromatic rings. The lowest BCUT2D eigenvalue weighted by atomic mass is 10.1. The van der Waals surface area contributed by atoms with Crippen LogP contribution in [0.4, 0.5) is 0 Å². The summed E-state index contributed by atoms with van der Waals surface area (Å²) in [4.78, 5) is 20.1. The highest BCUT2D eigenvalue weighted by atomic mass is 35.5. The summed E-state index contributed by atoms with van der Waals surface area (Å²) in [5, 5.41) is 4.68. The number of imidazole rings is 1. The van der Waals surface area contributed by atoms with Gasteiger partial charge < -0.3 is 0 Å². The molecule has 5 nitrogen and oxygen atoms in total. The third-order valence-corrected chi connectivity index (χ3v) is 5.05. The standard InChI is InChI=1S/C20H21ClN4O/c1-14-5-7-15(8-6-14)19-20(16(26)13-24-11-3-2-4-12-24)25-18(22-19)10-9-17(21)23-25/h5-10H,2-4,11-13H2,1H3. The van der Waals surface area contributed by atoms with Crippen LogP contribution in [0.3, 0.4) is 0 Å². The summed E-state index contributed by atoms with van der Waals surface area (Å²) < 4.78 is 1.59. The molecule has 1 aromatic carbocycles. The quantitative estimate of drug-likeness (QED) is 0.652. The van der Waals surface area contributed by atoms with Crippen molar-refractivity contribution in [3.63, 3.8) is 0 Å². The maximum absolute atomic E-state index is 13.2. The smallest absolute Gasteiger partial charge is 0.197 e. The Morgan fingerprint density at radius 1 is 1.08 bits per heavy atom. The number of aromatic nitrogens is 3. The van der Waals surface area contributed by atoms with Gasteiger partial charge in [0.15, 0.2) is 11.4 Å². The third-order valence-electron chi connectivity index (χ3n) is 4.85. The molecule has 0 atom stereocenters. The predicted molar refractivity (Wildman–Crippen MR) is 103 cm³/mol. The molecule has 4 rings (SSSR count). The summed E-state index contributed by atoms with van der Waals surface area (Å²) in [7, 11) is 0. The SMILES string of the molecule is Cc1ccc(-c2nc3ccc(Cl)nn3c2C(=O)CN2CCCCC2)cc1. The number of ketones is 1. The number of hydrogen-bond acceptors (Lipinski definition) is 4. The number of piperidine rings is 1. The maximum atomic E-state index is 13.2. The van der Waals surface area contributed by atoms with Crippen LogP contribution in [0.15, 0.2) is 36.4 Å². The Hall–Kier alpha value is -2.24. The van der Waals surface area contributed by atoms with Crippen LogP contribution in [0.25, 0.3) is 16.9 Å². The van der Waals surface area contributed by atoms with Crippen molar-refractivity contribution in [2.45, 2.75) is 26.2 Å². The number of benzene rings is 1. The second-order valence-electron chi connectivity index (χ2n) is 6.86. The van der Waals surface area contributed by atoms with E-state index in [-0.39, 0.29) is 5.78 Å². The van der Waals surface area contributed by atoms with Gasteiger partial charge in [0, 0.05) is 5.56 Å². The second kappa shape index (κ2) is 7.17. The van der Waals surface area contributed by atoms with E-state index in [9.17, 15) is 4.79 Å². The average Bonchev–Trinajstić information content (AvgIpc) is 3.01. The van der Waals surface area contributed by atoms with E-state index in [0.717, 1.165) is 31.5 Å². The molecule has 1 aliphatic rings. The molecule has 0 amide bonds. The van der Waals surface area contributed by atoms with Gasteiger partial charge in [0.1, 0.15) is 16.5 Å². The Morgan fingerprint density at radius 2 is 1.81 bits per heavy atom. The van der Waals surface area contributed by atoms with Gasteiger partial charge in [-0.2, -0.15) is 5.10 Å². The van der Waals surface area contributed by atoms with Gasteiger partial charge in [0.05, 0.1) is 6.54 Å². The van der Waals surface area contributed by atoms with Crippen molar-refractivity contribution in [3.05, 3.63) is 52.8 Å². The highest BCUT2D eigenvalue weighted by Crippen LogP contribution is 2.26. The first-order chi connectivity index (χ1) is 12.6. The van der Waals surface area contributed by atoms with Crippen LogP contribution in [-0.2, 0) is 0 Å². The molecule has 0 radical (unpaired) electrons. The Morgan fingerprint density at radius 3 is 2.54 bits per heavy atom. The molecule has 2 aromatic heterocycles. The molecule has 134 valence electrons. The normalized spacial score (nSPS) is 15.5. The number of hydrogen-bond donors (Lipinski definition) is 0. The van der Waals surface area contributed by atoms with Crippen LogP contribution in [-0.4, -0.2) is 44.9 Å². The van der Waals surface area contributed by atoms with Crippen LogP contribution in [0.5, 0.6) is 0 Å². The van der Waals surface area contributed by atoms with E-state index in [1.807, 2.05) is 31.2 Å². The number of likely N-dealkylation sites (tertiary alicyclic amines) is 1. The molecule has 0 N–H and O–H groups in total. The minimum Gasteiger partial charge on any atom is -0.296 e. The second-order valence-corrected chi connectivity index (χ2v) is 7.25. The lowest BCUT2D eigenvalue weighted by molar-refractivity contribution is 0.0909. The highest BCUT2D eigenvalue weighted by molar-refractivity contribution is 6.29. The summed E-state index contributed by atoms with van der Waals surface area (Å²) >= 11 is 6.08. The van der Waals surface area contributed by atoms with E-state index in [4.69, 9.17) is 11.6 Å². The first-order valence-electron chi connectivity index (χ1n) is 9.00. The van der Waals surface area contributed by atoms with Crippen LogP contribution in [0.1, 0.15) is 35.3 Å². The van der Waals surface area contributed by atoms with Crippen molar-refractivity contribution in [2.75, 3.05) is 19.6 Å². The first kappa shape index (κ1) is 17.2. The first-order valence-corrected chi connectivity index (χ1v) is 9.37. The molecule has 1 aliphatic heterocycles. The molecule has 0 spiro atoms. The highest BCUT2D eigenvalue weighted by Gasteiger charge is 2.24. The summed E-state index contributed by atoms with van der Waals surface area (Å²) in [6.45, 7) is 4.37. The van der Waals surface area contributed by atoms with E-state index in [1.165, 1.54) is 12.0 Å². The zero-order valence-corrected chi connectivity index (χ0v) is 15.5. The lowest BCUT2D eigenvalue weighted by Crippen LogP contribution is -2.35. The average molecular weight is 369 g/mol. The number of Topliss-reactive ketones (excluding diaryl/α,β-unsaturated/α-hetero) is 1. The van der Waals surface area contributed by atoms with Gasteiger partial charge in [0.25, 0.3) is 0 Å². The van der Waals surface area contributed by atoms with Gasteiger partial charge in [-0.25, -0.2) is 9.50 Å². The Balaban J connectivity index is 1.79. The number of fused-ring (bicyclic) bond motifs is 1. The summed E-state index contributed by atoms with van der Waals surface area (Å²) in [6, 6.07) is 11.5. The minimum absolute atomic E-state index is 0.0322. The zero-order chi connectivity index (χ0) is 18.1. The minimum atomic E-state index is 0.0322. The van der Waals surface area contributed by atoms with Gasteiger partial charge in [-0.15, -0.1) is 0 Å². The van der Waals surface area contributed by atoms with Gasteiger partial charge in [-0.3, -0.25) is 9.69 Å². The van der Waals surface area contributed by atoms with E-state index < -0.39 is 0 Å². The largest absolute Gasteiger partial charge is 0.296 e. The topological polar surface area (TPSA) is 50.5 Å². The van der Waals surface area contributed by atoms with E-state index in [2.05, 4.69) is 15.0 Å². The van der Waals surface area contributed by atoms with E-state index >= 15 is 0 Å². The van der Waals surface area contributed by atoms with Crippen molar-refractivity contribution in [3.8, 4) is 11.3 Å². The van der Waals surface area contributed by atoms with Crippen LogP contribution in [0.2, 0.25) is 5.15 Å². The number of rotatable bonds is 4. The van der Waals surface area contributed by atoms with Crippen molar-refractivity contribution < 1.29 is 4.79 Å². The number of aryl methyl sites for hydroxylation is 1. The Kier molecular flexibility index (Phi) is 4.74. The summed E-state index contributed by atoms with van der Waals surface area (Å²) in [5.74, 6) is 0.0322. The lowest BCUT2D eigenvalue weighted by Gasteiger charge is -2.25. The molecule has 0 unspecified atom stereocenters. The van der Waals surface area contributed by atoms with Crippen molar-refractivity contribution in [1.29, 1.82) is 0 Å². The number of nitrogens with zero attached hydrogens (tertiary/aromatic N) is 4. The number of carbonyl (C=O) groups is 1. The van der Waals surface area contributed by atoms with Gasteiger partial charge >= 0.3 is 0 Å². The molecular weight excluding hydrogens is 348 g/mol. The van der Waals surface area contributed by atoms with Crippen molar-refractivity contribution in [1.82, 2.24) is 19.5 Å². The molecule has 0 bridgehead atoms. The number of halogens is 1. The van der Waals surface area contributed by atoms with Crippen LogP contribution >= 0.6 is 11.6 Å². The Bertz CT molecular complexity index is 942. The summed E-state index contributed by atoms with van der Waals surface area (Å²) in [6.07, 6.45) is 3.54. The van der Waals surface area contributed by atoms with E-state index in [0.29, 0.717) is 28.7 Å². The third kappa shape index (κ3) is 3.37. The van der Waals surface area contributed by atoms with Crippen LogP contribution in [0, 0.1) is 6.92 Å². The molecule has 1 saturated heterocycles. The molecule has 26 heavy (non-hydrogen) atoms. The predicted octanol–water partition coefficient (Wildman–Crippen LogP) is 4.03. The fourth-order valence-corrected chi connectivity index (χ4v) is 3.61. The molecule has 3 heterocycles. The van der Waals surface area contributed by atoms with Gasteiger partial charge in [-0.1, -0.05) is 47.9 Å². The molecular formula is C20H21ClN4O. The molecule has 0 saturated carbocycles. The number of carbonyl (C=O) groups excluding carboxylic acids is 1. The zero-order valence-electron chi connectivity index (χ0n) is 14.8. The Labute approximate surface area is 157 Å². The molecule has 6 heteroatoms.